The highest BCUT2D eigenvalue weighted by Crippen LogP contribution is 2.29. The van der Waals surface area contributed by atoms with Gasteiger partial charge in [0.15, 0.2) is 0 Å². The summed E-state index contributed by atoms with van der Waals surface area (Å²) in [4.78, 5) is 13.4. The van der Waals surface area contributed by atoms with Crippen LogP contribution in [0.5, 0.6) is 0 Å². The van der Waals surface area contributed by atoms with Crippen molar-refractivity contribution in [1.82, 2.24) is 4.90 Å². The van der Waals surface area contributed by atoms with Crippen molar-refractivity contribution in [3.8, 4) is 0 Å². The molecular weight excluding hydrogens is 482 g/mol. The Morgan fingerprint density at radius 3 is 2.56 bits per heavy atom. The van der Waals surface area contributed by atoms with E-state index in [9.17, 15) is 26.7 Å². The van der Waals surface area contributed by atoms with Gasteiger partial charge in [0.2, 0.25) is 6.10 Å². The summed E-state index contributed by atoms with van der Waals surface area (Å²) in [6.07, 6.45) is -9.34. The molecule has 2 aromatic rings. The summed E-state index contributed by atoms with van der Waals surface area (Å²) in [5.41, 5.74) is 0.394. The number of nitrogens with one attached hydrogen (secondary N) is 1. The second kappa shape index (κ2) is 10.2. The number of anilines is 1. The molecule has 5 nitrogen and oxygen atoms in total. The van der Waals surface area contributed by atoms with E-state index >= 15 is 0 Å². The number of alkyl halides is 3. The van der Waals surface area contributed by atoms with Crippen LogP contribution in [0.2, 0.25) is 10.0 Å². The van der Waals surface area contributed by atoms with Crippen LogP contribution in [0.25, 0.3) is 0 Å². The van der Waals surface area contributed by atoms with Crippen LogP contribution in [0.3, 0.4) is 0 Å². The van der Waals surface area contributed by atoms with E-state index in [0.717, 1.165) is 18.2 Å². The van der Waals surface area contributed by atoms with Crippen LogP contribution < -0.4 is 5.32 Å². The monoisotopic (exact) mass is 498 g/mol. The lowest BCUT2D eigenvalue weighted by molar-refractivity contribution is -0.209. The minimum Gasteiger partial charge on any atom is -0.435 e. The van der Waals surface area contributed by atoms with E-state index < -0.39 is 42.7 Å². The van der Waals surface area contributed by atoms with E-state index in [2.05, 4.69) is 4.74 Å². The molecule has 0 spiro atoms. The lowest BCUT2D eigenvalue weighted by Gasteiger charge is -2.35. The molecule has 1 saturated heterocycles. The van der Waals surface area contributed by atoms with Gasteiger partial charge >= 0.3 is 12.3 Å². The third-order valence-electron chi connectivity index (χ3n) is 4.67. The maximum Gasteiger partial charge on any atom is 0.426 e. The molecule has 0 bridgehead atoms. The molecule has 2 unspecified atom stereocenters. The Bertz CT molecular complexity index is 977. The molecule has 32 heavy (non-hydrogen) atoms. The molecule has 0 aromatic heterocycles. The molecule has 1 heterocycles. The fourth-order valence-corrected chi connectivity index (χ4v) is 3.38. The van der Waals surface area contributed by atoms with Gasteiger partial charge in [0.25, 0.3) is 0 Å². The van der Waals surface area contributed by atoms with Crippen molar-refractivity contribution < 1.29 is 36.2 Å². The zero-order chi connectivity index (χ0) is 23.5. The summed E-state index contributed by atoms with van der Waals surface area (Å²) in [5, 5.41) is 1.71. The Morgan fingerprint density at radius 1 is 1.16 bits per heavy atom. The van der Waals surface area contributed by atoms with Crippen LogP contribution in [-0.2, 0) is 9.47 Å². The van der Waals surface area contributed by atoms with Gasteiger partial charge in [0, 0.05) is 25.3 Å². The van der Waals surface area contributed by atoms with Crippen molar-refractivity contribution >= 4 is 35.0 Å². The third kappa shape index (κ3) is 6.44. The Hall–Kier alpha value is -2.14. The fourth-order valence-electron chi connectivity index (χ4n) is 3.08. The maximum absolute atomic E-state index is 13.5. The summed E-state index contributed by atoms with van der Waals surface area (Å²) in [7, 11) is 0. The van der Waals surface area contributed by atoms with Gasteiger partial charge in [-0.25, -0.2) is 13.6 Å². The van der Waals surface area contributed by atoms with Crippen LogP contribution in [0.15, 0.2) is 36.4 Å². The molecular formula is C20H17Cl2F5N2O3. The van der Waals surface area contributed by atoms with Crippen molar-refractivity contribution in [3.63, 3.8) is 0 Å². The number of benzene rings is 2. The summed E-state index contributed by atoms with van der Waals surface area (Å²) in [5.74, 6) is -1.47. The predicted molar refractivity (Wildman–Crippen MR) is 108 cm³/mol. The van der Waals surface area contributed by atoms with E-state index in [4.69, 9.17) is 27.9 Å². The van der Waals surface area contributed by atoms with Gasteiger partial charge in [-0.2, -0.15) is 13.2 Å². The standard InChI is InChI=1S/C20H17Cl2F5N2O3/c21-13-3-2-12(8-16(13)24)28-19(30)32-18(20(25,26)27)10-29-5-6-31-17(9-29)11-1-4-15(23)14(22)7-11/h1-4,7-8,17-18H,5-6,9-10H2,(H,28,30). The minimum absolute atomic E-state index is 0.0436. The van der Waals surface area contributed by atoms with Crippen molar-refractivity contribution in [2.45, 2.75) is 18.4 Å². The van der Waals surface area contributed by atoms with Crippen LogP contribution in [0.1, 0.15) is 11.7 Å². The zero-order valence-electron chi connectivity index (χ0n) is 16.3. The molecule has 0 radical (unpaired) electrons. The van der Waals surface area contributed by atoms with E-state index in [1.165, 1.54) is 23.1 Å². The van der Waals surface area contributed by atoms with Gasteiger partial charge in [-0.1, -0.05) is 29.3 Å². The van der Waals surface area contributed by atoms with Gasteiger partial charge in [-0.05, 0) is 35.9 Å². The summed E-state index contributed by atoms with van der Waals surface area (Å²) < 4.78 is 77.5. The number of nitrogens with zero attached hydrogens (tertiary/aromatic N) is 1. The number of carbonyl (C=O) groups excluding carboxylic acids is 1. The van der Waals surface area contributed by atoms with Crippen molar-refractivity contribution in [1.29, 1.82) is 0 Å². The second-order valence-electron chi connectivity index (χ2n) is 6.98. The number of rotatable bonds is 5. The molecule has 0 aliphatic carbocycles. The zero-order valence-corrected chi connectivity index (χ0v) is 17.8. The number of hydrogen-bond acceptors (Lipinski definition) is 4. The Kier molecular flexibility index (Phi) is 7.81. The highest BCUT2D eigenvalue weighted by atomic mass is 35.5. The van der Waals surface area contributed by atoms with E-state index in [1.54, 1.807) is 0 Å². The number of halogens is 7. The molecule has 1 amide bonds. The number of hydrogen-bond donors (Lipinski definition) is 1. The van der Waals surface area contributed by atoms with Crippen LogP contribution in [0, 0.1) is 11.6 Å². The summed E-state index contributed by atoms with van der Waals surface area (Å²) in [6.45, 7) is -0.339. The molecule has 2 aromatic carbocycles. The molecule has 12 heteroatoms. The van der Waals surface area contributed by atoms with Crippen LogP contribution in [0.4, 0.5) is 32.4 Å². The van der Waals surface area contributed by atoms with Crippen molar-refractivity contribution in [2.75, 3.05) is 31.6 Å². The smallest absolute Gasteiger partial charge is 0.426 e. The highest BCUT2D eigenvalue weighted by Gasteiger charge is 2.44. The van der Waals surface area contributed by atoms with Gasteiger partial charge in [0.05, 0.1) is 22.8 Å². The highest BCUT2D eigenvalue weighted by molar-refractivity contribution is 6.31. The molecule has 1 fully saturated rings. The SMILES string of the molecule is O=C(Nc1ccc(Cl)c(F)c1)OC(CN1CCOC(c2ccc(F)c(Cl)c2)C1)C(F)(F)F. The minimum atomic E-state index is -4.85. The first-order valence-corrected chi connectivity index (χ1v) is 10.1. The number of ether oxygens (including phenoxy) is 2. The molecule has 1 aliphatic rings. The Balaban J connectivity index is 1.65. The van der Waals surface area contributed by atoms with Crippen LogP contribution in [-0.4, -0.2) is 49.5 Å². The van der Waals surface area contributed by atoms with Crippen molar-refractivity contribution in [2.24, 2.45) is 0 Å². The number of morpholine rings is 1. The first-order chi connectivity index (χ1) is 15.0. The molecule has 2 atom stereocenters. The predicted octanol–water partition coefficient (Wildman–Crippen LogP) is 5.82. The topological polar surface area (TPSA) is 50.8 Å². The van der Waals surface area contributed by atoms with Crippen molar-refractivity contribution in [3.05, 3.63) is 63.6 Å². The maximum atomic E-state index is 13.5. The molecule has 1 N–H and O–H groups in total. The largest absolute Gasteiger partial charge is 0.435 e. The second-order valence-corrected chi connectivity index (χ2v) is 7.80. The normalized spacial score (nSPS) is 18.3. The van der Waals surface area contributed by atoms with Gasteiger partial charge in [0.1, 0.15) is 11.6 Å². The summed E-state index contributed by atoms with van der Waals surface area (Å²) >= 11 is 11.3. The lowest BCUT2D eigenvalue weighted by Crippen LogP contribution is -2.48. The Morgan fingerprint density at radius 2 is 1.91 bits per heavy atom. The first-order valence-electron chi connectivity index (χ1n) is 9.31. The average Bonchev–Trinajstić information content (AvgIpc) is 2.72. The number of carbonyl (C=O) groups is 1. The Labute approximate surface area is 190 Å². The molecule has 1 aliphatic heterocycles. The van der Waals surface area contributed by atoms with Gasteiger partial charge in [-0.3, -0.25) is 10.2 Å². The molecule has 3 rings (SSSR count). The lowest BCUT2D eigenvalue weighted by atomic mass is 10.1. The molecule has 0 saturated carbocycles. The quantitative estimate of drug-likeness (QED) is 0.527. The molecule has 174 valence electrons. The van der Waals surface area contributed by atoms with Gasteiger partial charge < -0.3 is 9.47 Å². The average molecular weight is 499 g/mol. The number of amides is 1. The van der Waals surface area contributed by atoms with E-state index in [1.807, 2.05) is 5.32 Å². The van der Waals surface area contributed by atoms with E-state index in [0.29, 0.717) is 5.56 Å². The van der Waals surface area contributed by atoms with Crippen LogP contribution >= 0.6 is 23.2 Å². The third-order valence-corrected chi connectivity index (χ3v) is 5.27. The van der Waals surface area contributed by atoms with Gasteiger partial charge in [-0.15, -0.1) is 0 Å². The fraction of sp³-hybridized carbons (Fsp3) is 0.350. The summed E-state index contributed by atoms with van der Waals surface area (Å²) in [6, 6.07) is 7.14. The van der Waals surface area contributed by atoms with E-state index in [-0.39, 0.29) is 35.4 Å². The first kappa shape index (κ1) is 24.5.